The summed E-state index contributed by atoms with van der Waals surface area (Å²) in [5.41, 5.74) is 0.545. The van der Waals surface area contributed by atoms with Gasteiger partial charge in [-0.25, -0.2) is 4.98 Å². The van der Waals surface area contributed by atoms with Crippen molar-refractivity contribution in [3.05, 3.63) is 23.9 Å². The Balaban J connectivity index is 1.71. The van der Waals surface area contributed by atoms with Gasteiger partial charge in [-0.2, -0.15) is 0 Å². The van der Waals surface area contributed by atoms with Crippen molar-refractivity contribution in [2.24, 2.45) is 0 Å². The van der Waals surface area contributed by atoms with E-state index in [1.165, 1.54) is 0 Å². The molecule has 2 aliphatic rings. The molecule has 1 aromatic rings. The molecular weight excluding hydrogens is 268 g/mol. The molecule has 2 aliphatic heterocycles. The molecule has 1 aromatic heterocycles. The lowest BCUT2D eigenvalue weighted by Crippen LogP contribution is -2.47. The molecule has 6 heteroatoms. The quantitative estimate of drug-likeness (QED) is 0.784. The van der Waals surface area contributed by atoms with Crippen LogP contribution in [0, 0.1) is 0 Å². The van der Waals surface area contributed by atoms with Crippen LogP contribution in [-0.4, -0.2) is 80.2 Å². The minimum absolute atomic E-state index is 0.0400. The third kappa shape index (κ3) is 3.33. The molecule has 21 heavy (non-hydrogen) atoms. The fourth-order valence-electron chi connectivity index (χ4n) is 2.68. The van der Waals surface area contributed by atoms with Gasteiger partial charge in [-0.05, 0) is 19.2 Å². The predicted octanol–water partition coefficient (Wildman–Crippen LogP) is 0.306. The van der Waals surface area contributed by atoms with Crippen molar-refractivity contribution >= 4 is 11.7 Å². The number of likely N-dealkylation sites (N-methyl/N-ethyl adjacent to an activating group) is 1. The summed E-state index contributed by atoms with van der Waals surface area (Å²) in [6.07, 6.45) is 0. The molecule has 0 spiro atoms. The highest BCUT2D eigenvalue weighted by atomic mass is 16.5. The van der Waals surface area contributed by atoms with E-state index in [9.17, 15) is 4.79 Å². The number of rotatable bonds is 2. The van der Waals surface area contributed by atoms with Gasteiger partial charge in [-0.3, -0.25) is 4.79 Å². The minimum Gasteiger partial charge on any atom is -0.378 e. The summed E-state index contributed by atoms with van der Waals surface area (Å²) in [6.45, 7) is 6.51. The second kappa shape index (κ2) is 6.41. The molecule has 1 amide bonds. The Kier molecular flexibility index (Phi) is 4.36. The number of nitrogens with zero attached hydrogens (tertiary/aromatic N) is 4. The molecule has 2 saturated heterocycles. The van der Waals surface area contributed by atoms with E-state index in [1.807, 2.05) is 23.1 Å². The highest BCUT2D eigenvalue weighted by Gasteiger charge is 2.22. The smallest absolute Gasteiger partial charge is 0.272 e. The number of hydrogen-bond donors (Lipinski definition) is 0. The maximum atomic E-state index is 12.5. The third-order valence-corrected chi connectivity index (χ3v) is 4.08. The molecule has 0 radical (unpaired) electrons. The van der Waals surface area contributed by atoms with Crippen molar-refractivity contribution in [3.63, 3.8) is 0 Å². The molecule has 0 aromatic carbocycles. The van der Waals surface area contributed by atoms with Gasteiger partial charge in [0, 0.05) is 39.3 Å². The minimum atomic E-state index is 0.0400. The van der Waals surface area contributed by atoms with Gasteiger partial charge in [0.1, 0.15) is 11.5 Å². The highest BCUT2D eigenvalue weighted by molar-refractivity contribution is 5.92. The van der Waals surface area contributed by atoms with Gasteiger partial charge in [0.2, 0.25) is 0 Å². The molecule has 0 saturated carbocycles. The number of anilines is 1. The van der Waals surface area contributed by atoms with Gasteiger partial charge >= 0.3 is 0 Å². The third-order valence-electron chi connectivity index (χ3n) is 4.08. The van der Waals surface area contributed by atoms with Gasteiger partial charge < -0.3 is 19.4 Å². The van der Waals surface area contributed by atoms with E-state index in [0.717, 1.165) is 58.3 Å². The Hall–Kier alpha value is -1.66. The van der Waals surface area contributed by atoms with Crippen LogP contribution >= 0.6 is 0 Å². The number of hydrogen-bond acceptors (Lipinski definition) is 5. The molecule has 0 bridgehead atoms. The van der Waals surface area contributed by atoms with E-state index in [4.69, 9.17) is 4.74 Å². The van der Waals surface area contributed by atoms with Crippen LogP contribution in [0.2, 0.25) is 0 Å². The average molecular weight is 290 g/mol. The van der Waals surface area contributed by atoms with Crippen molar-refractivity contribution in [1.29, 1.82) is 0 Å². The lowest BCUT2D eigenvalue weighted by molar-refractivity contribution is 0.0658. The van der Waals surface area contributed by atoms with Gasteiger partial charge in [0.15, 0.2) is 0 Å². The zero-order valence-electron chi connectivity index (χ0n) is 12.5. The van der Waals surface area contributed by atoms with Crippen molar-refractivity contribution in [1.82, 2.24) is 14.8 Å². The van der Waals surface area contributed by atoms with Crippen LogP contribution in [0.25, 0.3) is 0 Å². The molecule has 2 fully saturated rings. The molecule has 3 heterocycles. The van der Waals surface area contributed by atoms with Gasteiger partial charge in [-0.15, -0.1) is 0 Å². The number of aromatic nitrogens is 1. The van der Waals surface area contributed by atoms with Gasteiger partial charge in [-0.1, -0.05) is 6.07 Å². The van der Waals surface area contributed by atoms with Crippen LogP contribution in [0.4, 0.5) is 5.82 Å². The summed E-state index contributed by atoms with van der Waals surface area (Å²) in [5, 5.41) is 0. The first kappa shape index (κ1) is 14.3. The number of carbonyl (C=O) groups is 1. The second-order valence-electron chi connectivity index (χ2n) is 5.58. The van der Waals surface area contributed by atoms with E-state index in [-0.39, 0.29) is 5.91 Å². The number of ether oxygens (including phenoxy) is 1. The molecule has 0 atom stereocenters. The first-order valence-corrected chi connectivity index (χ1v) is 7.51. The van der Waals surface area contributed by atoms with Crippen LogP contribution in [0.15, 0.2) is 18.2 Å². The Morgan fingerprint density at radius 3 is 2.52 bits per heavy atom. The van der Waals surface area contributed by atoms with Crippen LogP contribution in [0.5, 0.6) is 0 Å². The second-order valence-corrected chi connectivity index (χ2v) is 5.58. The lowest BCUT2D eigenvalue weighted by Gasteiger charge is -2.32. The monoisotopic (exact) mass is 290 g/mol. The van der Waals surface area contributed by atoms with E-state index < -0.39 is 0 Å². The maximum Gasteiger partial charge on any atom is 0.272 e. The zero-order chi connectivity index (χ0) is 14.7. The summed E-state index contributed by atoms with van der Waals surface area (Å²) in [5.74, 6) is 0.913. The zero-order valence-corrected chi connectivity index (χ0v) is 12.5. The van der Waals surface area contributed by atoms with Crippen molar-refractivity contribution in [2.45, 2.75) is 0 Å². The van der Waals surface area contributed by atoms with E-state index in [2.05, 4.69) is 21.8 Å². The standard InChI is InChI=1S/C15H22N4O2/c1-17-5-7-19(8-6-17)15(20)13-3-2-4-14(16-13)18-9-11-21-12-10-18/h2-4H,5-12H2,1H3. The van der Waals surface area contributed by atoms with Crippen molar-refractivity contribution < 1.29 is 9.53 Å². The topological polar surface area (TPSA) is 48.9 Å². The Labute approximate surface area is 125 Å². The largest absolute Gasteiger partial charge is 0.378 e. The summed E-state index contributed by atoms with van der Waals surface area (Å²) < 4.78 is 5.35. The van der Waals surface area contributed by atoms with E-state index >= 15 is 0 Å². The van der Waals surface area contributed by atoms with Crippen LogP contribution in [-0.2, 0) is 4.74 Å². The Morgan fingerprint density at radius 2 is 1.81 bits per heavy atom. The predicted molar refractivity (Wildman–Crippen MR) is 80.7 cm³/mol. The Morgan fingerprint density at radius 1 is 1.10 bits per heavy atom. The number of carbonyl (C=O) groups excluding carboxylic acids is 1. The van der Waals surface area contributed by atoms with Crippen LogP contribution in [0.1, 0.15) is 10.5 Å². The van der Waals surface area contributed by atoms with E-state index in [1.54, 1.807) is 0 Å². The lowest BCUT2D eigenvalue weighted by atomic mass is 10.2. The summed E-state index contributed by atoms with van der Waals surface area (Å²) in [7, 11) is 2.08. The molecule has 3 rings (SSSR count). The van der Waals surface area contributed by atoms with Gasteiger partial charge in [0.25, 0.3) is 5.91 Å². The SMILES string of the molecule is CN1CCN(C(=O)c2cccc(N3CCOCC3)n2)CC1. The number of piperazine rings is 1. The normalized spacial score (nSPS) is 20.6. The van der Waals surface area contributed by atoms with Crippen molar-refractivity contribution in [2.75, 3.05) is 64.4 Å². The summed E-state index contributed by atoms with van der Waals surface area (Å²) in [6, 6.07) is 5.69. The van der Waals surface area contributed by atoms with Gasteiger partial charge in [0.05, 0.1) is 13.2 Å². The van der Waals surface area contributed by atoms with Crippen molar-refractivity contribution in [3.8, 4) is 0 Å². The fourth-order valence-corrected chi connectivity index (χ4v) is 2.68. The summed E-state index contributed by atoms with van der Waals surface area (Å²) in [4.78, 5) is 23.4. The average Bonchev–Trinajstić information content (AvgIpc) is 2.56. The van der Waals surface area contributed by atoms with E-state index in [0.29, 0.717) is 5.69 Å². The highest BCUT2D eigenvalue weighted by Crippen LogP contribution is 2.15. The molecule has 6 nitrogen and oxygen atoms in total. The number of morpholine rings is 1. The number of pyridine rings is 1. The molecule has 0 aliphatic carbocycles. The van der Waals surface area contributed by atoms with Crippen LogP contribution < -0.4 is 4.90 Å². The molecular formula is C15H22N4O2. The molecule has 114 valence electrons. The maximum absolute atomic E-state index is 12.5. The number of amides is 1. The molecule has 0 unspecified atom stereocenters. The molecule has 0 N–H and O–H groups in total. The summed E-state index contributed by atoms with van der Waals surface area (Å²) >= 11 is 0. The Bertz CT molecular complexity index is 494. The first-order valence-electron chi connectivity index (χ1n) is 7.51. The fraction of sp³-hybridized carbons (Fsp3) is 0.600. The van der Waals surface area contributed by atoms with Crippen LogP contribution in [0.3, 0.4) is 0 Å². The first-order chi connectivity index (χ1) is 10.2.